The van der Waals surface area contributed by atoms with Gasteiger partial charge >= 0.3 is 0 Å². The molecule has 0 aliphatic carbocycles. The molecular weight excluding hydrogens is 401 g/mol. The molecule has 1 N–H and O–H groups in total. The van der Waals surface area contributed by atoms with Crippen LogP contribution >= 0.6 is 15.9 Å². The van der Waals surface area contributed by atoms with Crippen molar-refractivity contribution in [3.63, 3.8) is 0 Å². The van der Waals surface area contributed by atoms with Crippen LogP contribution in [0.3, 0.4) is 0 Å². The SMILES string of the molecule is CC(NC(=O)c1ccc(=O)n(-c2ccc(F)cc2)n1)c1ccccc1Br. The molecule has 1 amide bonds. The van der Waals surface area contributed by atoms with Crippen molar-refractivity contribution >= 4 is 21.8 Å². The van der Waals surface area contributed by atoms with Gasteiger partial charge in [0, 0.05) is 10.5 Å². The average Bonchev–Trinajstić information content (AvgIpc) is 2.63. The van der Waals surface area contributed by atoms with E-state index in [2.05, 4.69) is 26.3 Å². The second-order valence-electron chi connectivity index (χ2n) is 5.66. The lowest BCUT2D eigenvalue weighted by Crippen LogP contribution is -2.30. The molecular formula is C19H15BrFN3O2. The first-order chi connectivity index (χ1) is 12.5. The number of benzene rings is 2. The van der Waals surface area contributed by atoms with Crippen molar-refractivity contribution in [1.29, 1.82) is 0 Å². The second-order valence-corrected chi connectivity index (χ2v) is 6.52. The highest BCUT2D eigenvalue weighted by Crippen LogP contribution is 2.22. The summed E-state index contributed by atoms with van der Waals surface area (Å²) >= 11 is 3.46. The summed E-state index contributed by atoms with van der Waals surface area (Å²) in [5.74, 6) is -0.831. The minimum atomic E-state index is -0.419. The van der Waals surface area contributed by atoms with Gasteiger partial charge in [0.2, 0.25) is 0 Å². The zero-order chi connectivity index (χ0) is 18.7. The fraction of sp³-hybridized carbons (Fsp3) is 0.105. The predicted octanol–water partition coefficient (Wildman–Crippen LogP) is 3.63. The minimum Gasteiger partial charge on any atom is -0.344 e. The van der Waals surface area contributed by atoms with Crippen LogP contribution < -0.4 is 10.9 Å². The number of aromatic nitrogens is 2. The molecule has 0 saturated heterocycles. The molecule has 1 heterocycles. The van der Waals surface area contributed by atoms with Crippen LogP contribution in [0.4, 0.5) is 4.39 Å². The summed E-state index contributed by atoms with van der Waals surface area (Å²) < 4.78 is 15.0. The van der Waals surface area contributed by atoms with Crippen molar-refractivity contribution < 1.29 is 9.18 Å². The molecule has 0 spiro atoms. The van der Waals surface area contributed by atoms with Gasteiger partial charge in [0.15, 0.2) is 0 Å². The monoisotopic (exact) mass is 415 g/mol. The zero-order valence-corrected chi connectivity index (χ0v) is 15.4. The molecule has 0 fully saturated rings. The fourth-order valence-electron chi connectivity index (χ4n) is 2.47. The van der Waals surface area contributed by atoms with Crippen LogP contribution in [0.25, 0.3) is 5.69 Å². The summed E-state index contributed by atoms with van der Waals surface area (Å²) in [5.41, 5.74) is 0.984. The van der Waals surface area contributed by atoms with Crippen molar-refractivity contribution in [2.24, 2.45) is 0 Å². The normalized spacial score (nSPS) is 11.8. The topological polar surface area (TPSA) is 64.0 Å². The van der Waals surface area contributed by atoms with E-state index in [0.717, 1.165) is 14.7 Å². The van der Waals surface area contributed by atoms with E-state index in [1.807, 2.05) is 31.2 Å². The minimum absolute atomic E-state index is 0.0906. The molecule has 0 aliphatic heterocycles. The number of amides is 1. The van der Waals surface area contributed by atoms with Gasteiger partial charge in [-0.25, -0.2) is 4.39 Å². The van der Waals surface area contributed by atoms with Crippen molar-refractivity contribution in [2.75, 3.05) is 0 Å². The van der Waals surface area contributed by atoms with E-state index in [0.29, 0.717) is 5.69 Å². The summed E-state index contributed by atoms with van der Waals surface area (Å²) in [4.78, 5) is 24.6. The van der Waals surface area contributed by atoms with E-state index in [1.54, 1.807) is 0 Å². The maximum Gasteiger partial charge on any atom is 0.272 e. The van der Waals surface area contributed by atoms with Gasteiger partial charge in [0.05, 0.1) is 11.7 Å². The van der Waals surface area contributed by atoms with E-state index in [9.17, 15) is 14.0 Å². The lowest BCUT2D eigenvalue weighted by Gasteiger charge is -2.16. The molecule has 3 rings (SSSR count). The Hall–Kier alpha value is -2.80. The van der Waals surface area contributed by atoms with Crippen molar-refractivity contribution in [3.05, 3.63) is 92.6 Å². The van der Waals surface area contributed by atoms with Crippen LogP contribution in [0.5, 0.6) is 0 Å². The molecule has 1 aromatic heterocycles. The summed E-state index contributed by atoms with van der Waals surface area (Å²) in [6.07, 6.45) is 0. The summed E-state index contributed by atoms with van der Waals surface area (Å²) in [7, 11) is 0. The highest BCUT2D eigenvalue weighted by molar-refractivity contribution is 9.10. The summed E-state index contributed by atoms with van der Waals surface area (Å²) in [6.45, 7) is 1.86. The Labute approximate surface area is 157 Å². The fourth-order valence-corrected chi connectivity index (χ4v) is 3.10. The van der Waals surface area contributed by atoms with Crippen LogP contribution in [-0.2, 0) is 0 Å². The molecule has 26 heavy (non-hydrogen) atoms. The molecule has 0 aliphatic rings. The van der Waals surface area contributed by atoms with E-state index >= 15 is 0 Å². The Balaban J connectivity index is 1.86. The molecule has 1 unspecified atom stereocenters. The number of carbonyl (C=O) groups is 1. The molecule has 0 radical (unpaired) electrons. The number of rotatable bonds is 4. The Morgan fingerprint density at radius 3 is 2.50 bits per heavy atom. The number of nitrogens with one attached hydrogen (secondary N) is 1. The standard InChI is InChI=1S/C19H15BrFN3O2/c1-12(15-4-2-3-5-16(15)20)22-19(26)17-10-11-18(25)24(23-17)14-8-6-13(21)7-9-14/h2-12H,1H3,(H,22,26). The van der Waals surface area contributed by atoms with Gasteiger partial charge in [-0.05, 0) is 48.9 Å². The number of halogens is 2. The van der Waals surface area contributed by atoms with Crippen molar-refractivity contribution in [3.8, 4) is 5.69 Å². The molecule has 132 valence electrons. The van der Waals surface area contributed by atoms with Gasteiger partial charge in [0.1, 0.15) is 11.5 Å². The summed E-state index contributed by atoms with van der Waals surface area (Å²) in [6, 6.07) is 15.2. The van der Waals surface area contributed by atoms with Crippen LogP contribution in [0.1, 0.15) is 29.0 Å². The Morgan fingerprint density at radius 2 is 1.81 bits per heavy atom. The first-order valence-corrected chi connectivity index (χ1v) is 8.66. The third kappa shape index (κ3) is 3.88. The largest absolute Gasteiger partial charge is 0.344 e. The highest BCUT2D eigenvalue weighted by Gasteiger charge is 2.16. The Morgan fingerprint density at radius 1 is 1.12 bits per heavy atom. The van der Waals surface area contributed by atoms with E-state index in [-0.39, 0.29) is 11.7 Å². The van der Waals surface area contributed by atoms with Crippen LogP contribution in [0.2, 0.25) is 0 Å². The molecule has 2 aromatic carbocycles. The van der Waals surface area contributed by atoms with Gasteiger partial charge in [0.25, 0.3) is 11.5 Å². The summed E-state index contributed by atoms with van der Waals surface area (Å²) in [5, 5.41) is 6.95. The molecule has 5 nitrogen and oxygen atoms in total. The first-order valence-electron chi connectivity index (χ1n) is 7.87. The number of carbonyl (C=O) groups excluding carboxylic acids is 1. The predicted molar refractivity (Wildman–Crippen MR) is 99.8 cm³/mol. The number of hydrogen-bond donors (Lipinski definition) is 1. The lowest BCUT2D eigenvalue weighted by atomic mass is 10.1. The third-order valence-corrected chi connectivity index (χ3v) is 4.55. The quantitative estimate of drug-likeness (QED) is 0.707. The van der Waals surface area contributed by atoms with Gasteiger partial charge < -0.3 is 5.32 Å². The molecule has 1 atom stereocenters. The van der Waals surface area contributed by atoms with Gasteiger partial charge in [-0.15, -0.1) is 0 Å². The maximum absolute atomic E-state index is 13.1. The zero-order valence-electron chi connectivity index (χ0n) is 13.8. The lowest BCUT2D eigenvalue weighted by molar-refractivity contribution is 0.0933. The molecule has 0 bridgehead atoms. The highest BCUT2D eigenvalue weighted by atomic mass is 79.9. The first kappa shape index (κ1) is 18.0. The Bertz CT molecular complexity index is 1000. The maximum atomic E-state index is 13.1. The van der Waals surface area contributed by atoms with Crippen molar-refractivity contribution in [1.82, 2.24) is 15.1 Å². The van der Waals surface area contributed by atoms with Crippen molar-refractivity contribution in [2.45, 2.75) is 13.0 Å². The van der Waals surface area contributed by atoms with Gasteiger partial charge in [-0.2, -0.15) is 9.78 Å². The third-order valence-electron chi connectivity index (χ3n) is 3.82. The van der Waals surface area contributed by atoms with E-state index in [4.69, 9.17) is 0 Å². The molecule has 3 aromatic rings. The van der Waals surface area contributed by atoms with Crippen LogP contribution in [0, 0.1) is 5.82 Å². The van der Waals surface area contributed by atoms with Crippen LogP contribution in [-0.4, -0.2) is 15.7 Å². The van der Waals surface area contributed by atoms with E-state index < -0.39 is 17.3 Å². The average molecular weight is 416 g/mol. The second kappa shape index (κ2) is 7.61. The van der Waals surface area contributed by atoms with Gasteiger partial charge in [-0.1, -0.05) is 34.1 Å². The Kier molecular flexibility index (Phi) is 5.27. The molecule has 7 heteroatoms. The number of nitrogens with zero attached hydrogens (tertiary/aromatic N) is 2. The smallest absolute Gasteiger partial charge is 0.272 e. The number of hydrogen-bond acceptors (Lipinski definition) is 3. The van der Waals surface area contributed by atoms with E-state index in [1.165, 1.54) is 36.4 Å². The van der Waals surface area contributed by atoms with Gasteiger partial charge in [-0.3, -0.25) is 9.59 Å². The van der Waals surface area contributed by atoms with Crippen LogP contribution in [0.15, 0.2) is 69.9 Å². The molecule has 0 saturated carbocycles.